The maximum absolute atomic E-state index is 12.0. The topological polar surface area (TPSA) is 62.7 Å². The van der Waals surface area contributed by atoms with Crippen LogP contribution >= 0.6 is 40.7 Å². The minimum atomic E-state index is -0.0579. The molecule has 0 bridgehead atoms. The summed E-state index contributed by atoms with van der Waals surface area (Å²) in [6, 6.07) is 2.15. The first-order chi connectivity index (χ1) is 8.25. The standard InChI is InChI=1S/C11H13BrN4O.2ClH/c12-7-5-9-10(14-6-7)16(11(17)15-9)8-1-3-13-4-2-8;;/h5-6,8,13H,1-4H2,(H,15,17);2*1H. The molecule has 0 aliphatic carbocycles. The van der Waals surface area contributed by atoms with E-state index in [1.54, 1.807) is 10.8 Å². The maximum Gasteiger partial charge on any atom is 0.327 e. The molecule has 5 nitrogen and oxygen atoms in total. The number of aromatic amines is 1. The van der Waals surface area contributed by atoms with Crippen LogP contribution in [0.15, 0.2) is 21.5 Å². The molecular weight excluding hydrogens is 355 g/mol. The number of aromatic nitrogens is 3. The van der Waals surface area contributed by atoms with Crippen LogP contribution in [0.25, 0.3) is 11.2 Å². The van der Waals surface area contributed by atoms with E-state index in [-0.39, 0.29) is 36.5 Å². The first-order valence-electron chi connectivity index (χ1n) is 5.72. The highest BCUT2D eigenvalue weighted by Gasteiger charge is 2.20. The molecule has 1 aliphatic heterocycles. The number of fused-ring (bicyclic) bond motifs is 1. The molecule has 0 aromatic carbocycles. The summed E-state index contributed by atoms with van der Waals surface area (Å²) >= 11 is 3.36. The predicted molar refractivity (Wildman–Crippen MR) is 83.7 cm³/mol. The summed E-state index contributed by atoms with van der Waals surface area (Å²) in [6.07, 6.45) is 3.68. The summed E-state index contributed by atoms with van der Waals surface area (Å²) in [6.45, 7) is 1.92. The van der Waals surface area contributed by atoms with Crippen LogP contribution in [0, 0.1) is 0 Å². The average Bonchev–Trinajstić information content (AvgIpc) is 2.65. The van der Waals surface area contributed by atoms with E-state index in [1.165, 1.54) is 0 Å². The summed E-state index contributed by atoms with van der Waals surface area (Å²) in [5.41, 5.74) is 1.49. The second-order valence-corrected chi connectivity index (χ2v) is 5.22. The van der Waals surface area contributed by atoms with Gasteiger partial charge in [0.25, 0.3) is 0 Å². The van der Waals surface area contributed by atoms with E-state index in [4.69, 9.17) is 0 Å². The van der Waals surface area contributed by atoms with E-state index < -0.39 is 0 Å². The molecule has 8 heteroatoms. The summed E-state index contributed by atoms with van der Waals surface area (Å²) in [4.78, 5) is 19.2. The van der Waals surface area contributed by atoms with Crippen molar-refractivity contribution in [1.82, 2.24) is 19.9 Å². The number of nitrogens with one attached hydrogen (secondary N) is 2. The van der Waals surface area contributed by atoms with Crippen LogP contribution in [-0.2, 0) is 0 Å². The van der Waals surface area contributed by atoms with E-state index >= 15 is 0 Å². The molecule has 0 amide bonds. The summed E-state index contributed by atoms with van der Waals surface area (Å²) in [5, 5.41) is 3.30. The van der Waals surface area contributed by atoms with Gasteiger partial charge in [-0.2, -0.15) is 0 Å². The van der Waals surface area contributed by atoms with E-state index in [9.17, 15) is 4.79 Å². The number of piperidine rings is 1. The number of rotatable bonds is 1. The maximum atomic E-state index is 12.0. The van der Waals surface area contributed by atoms with Crippen molar-refractivity contribution >= 4 is 51.9 Å². The van der Waals surface area contributed by atoms with Crippen molar-refractivity contribution in [3.63, 3.8) is 0 Å². The van der Waals surface area contributed by atoms with Crippen LogP contribution in [0.4, 0.5) is 0 Å². The number of nitrogens with zero attached hydrogens (tertiary/aromatic N) is 2. The minimum absolute atomic E-state index is 0. The van der Waals surface area contributed by atoms with Gasteiger partial charge in [0.2, 0.25) is 0 Å². The lowest BCUT2D eigenvalue weighted by Crippen LogP contribution is -2.33. The zero-order valence-electron chi connectivity index (χ0n) is 10.1. The fraction of sp³-hybridized carbons (Fsp3) is 0.455. The minimum Gasteiger partial charge on any atom is -0.317 e. The molecular formula is C11H15BrCl2N4O. The Bertz CT molecular complexity index is 606. The molecule has 2 aromatic rings. The van der Waals surface area contributed by atoms with Crippen LogP contribution in [0.3, 0.4) is 0 Å². The van der Waals surface area contributed by atoms with Crippen LogP contribution in [0.1, 0.15) is 18.9 Å². The number of halogens is 3. The highest BCUT2D eigenvalue weighted by atomic mass is 79.9. The Balaban J connectivity index is 0.000000902. The molecule has 0 radical (unpaired) electrons. The van der Waals surface area contributed by atoms with E-state index in [1.807, 2.05) is 6.07 Å². The van der Waals surface area contributed by atoms with Crippen LogP contribution in [0.2, 0.25) is 0 Å². The summed E-state index contributed by atoms with van der Waals surface area (Å²) < 4.78 is 2.67. The van der Waals surface area contributed by atoms with E-state index in [0.717, 1.165) is 41.6 Å². The first kappa shape index (κ1) is 16.5. The summed E-state index contributed by atoms with van der Waals surface area (Å²) in [5.74, 6) is 0. The van der Waals surface area contributed by atoms with Crippen molar-refractivity contribution in [2.45, 2.75) is 18.9 Å². The SMILES string of the molecule is Cl.Cl.O=c1[nH]c2cc(Br)cnc2n1C1CCNCC1. The molecule has 2 aromatic heterocycles. The van der Waals surface area contributed by atoms with Gasteiger partial charge in [-0.3, -0.25) is 4.57 Å². The molecule has 3 rings (SSSR count). The van der Waals surface area contributed by atoms with Gasteiger partial charge in [0.15, 0.2) is 5.65 Å². The lowest BCUT2D eigenvalue weighted by Gasteiger charge is -2.23. The number of hydrogen-bond acceptors (Lipinski definition) is 3. The molecule has 0 atom stereocenters. The van der Waals surface area contributed by atoms with Crippen molar-refractivity contribution in [3.05, 3.63) is 27.2 Å². The Labute approximate surface area is 131 Å². The van der Waals surface area contributed by atoms with Crippen LogP contribution < -0.4 is 11.0 Å². The molecule has 3 heterocycles. The lowest BCUT2D eigenvalue weighted by atomic mass is 10.1. The second kappa shape index (κ2) is 6.74. The highest BCUT2D eigenvalue weighted by molar-refractivity contribution is 9.10. The first-order valence-corrected chi connectivity index (χ1v) is 6.51. The zero-order valence-corrected chi connectivity index (χ0v) is 13.3. The second-order valence-electron chi connectivity index (χ2n) is 4.31. The molecule has 2 N–H and O–H groups in total. The quantitative estimate of drug-likeness (QED) is 0.810. The third-order valence-corrected chi connectivity index (χ3v) is 3.63. The van der Waals surface area contributed by atoms with E-state index in [2.05, 4.69) is 31.2 Å². The Morgan fingerprint density at radius 3 is 2.68 bits per heavy atom. The Morgan fingerprint density at radius 2 is 2.00 bits per heavy atom. The third-order valence-electron chi connectivity index (χ3n) is 3.20. The van der Waals surface area contributed by atoms with Crippen LogP contribution in [-0.4, -0.2) is 27.6 Å². The Kier molecular flexibility index (Phi) is 5.85. The van der Waals surface area contributed by atoms with Gasteiger partial charge in [0, 0.05) is 16.7 Å². The molecule has 1 aliphatic rings. The Hall–Kier alpha value is -0.560. The van der Waals surface area contributed by atoms with Gasteiger partial charge >= 0.3 is 5.69 Å². The van der Waals surface area contributed by atoms with Gasteiger partial charge in [0.05, 0.1) is 5.52 Å². The van der Waals surface area contributed by atoms with Crippen molar-refractivity contribution in [3.8, 4) is 0 Å². The van der Waals surface area contributed by atoms with Crippen molar-refractivity contribution in [2.75, 3.05) is 13.1 Å². The van der Waals surface area contributed by atoms with Crippen molar-refractivity contribution < 1.29 is 0 Å². The molecule has 1 saturated heterocycles. The predicted octanol–water partition coefficient (Wildman–Crippen LogP) is 2.26. The fourth-order valence-corrected chi connectivity index (χ4v) is 2.72. The number of pyridine rings is 1. The molecule has 0 spiro atoms. The lowest BCUT2D eigenvalue weighted by molar-refractivity contribution is 0.367. The third kappa shape index (κ3) is 3.13. The van der Waals surface area contributed by atoms with Gasteiger partial charge in [-0.25, -0.2) is 9.78 Å². The fourth-order valence-electron chi connectivity index (χ4n) is 2.39. The monoisotopic (exact) mass is 368 g/mol. The highest BCUT2D eigenvalue weighted by Crippen LogP contribution is 2.22. The molecule has 1 fully saturated rings. The molecule has 0 saturated carbocycles. The molecule has 19 heavy (non-hydrogen) atoms. The van der Waals surface area contributed by atoms with Crippen molar-refractivity contribution in [1.29, 1.82) is 0 Å². The zero-order chi connectivity index (χ0) is 11.8. The number of imidazole rings is 1. The largest absolute Gasteiger partial charge is 0.327 e. The van der Waals surface area contributed by atoms with E-state index in [0.29, 0.717) is 0 Å². The van der Waals surface area contributed by atoms with Gasteiger partial charge in [-0.05, 0) is 47.9 Å². The average molecular weight is 370 g/mol. The van der Waals surface area contributed by atoms with Gasteiger partial charge in [-0.1, -0.05) is 0 Å². The molecule has 0 unspecified atom stereocenters. The Morgan fingerprint density at radius 1 is 1.32 bits per heavy atom. The number of H-pyrrole nitrogens is 1. The normalized spacial score (nSPS) is 15.8. The van der Waals surface area contributed by atoms with Gasteiger partial charge in [-0.15, -0.1) is 24.8 Å². The smallest absolute Gasteiger partial charge is 0.317 e. The molecule has 106 valence electrons. The van der Waals surface area contributed by atoms with Crippen molar-refractivity contribution in [2.24, 2.45) is 0 Å². The number of hydrogen-bond donors (Lipinski definition) is 2. The van der Waals surface area contributed by atoms with Crippen LogP contribution in [0.5, 0.6) is 0 Å². The van der Waals surface area contributed by atoms with Gasteiger partial charge in [0.1, 0.15) is 0 Å². The van der Waals surface area contributed by atoms with Gasteiger partial charge < -0.3 is 10.3 Å². The summed E-state index contributed by atoms with van der Waals surface area (Å²) in [7, 11) is 0.